The number of amides is 1. The van der Waals surface area contributed by atoms with E-state index in [-0.39, 0.29) is 5.91 Å². The van der Waals surface area contributed by atoms with Crippen LogP contribution in [-0.4, -0.2) is 73.2 Å². The molecule has 0 atom stereocenters. The molecule has 3 rings (SSSR count). The Bertz CT molecular complexity index is 453. The number of hydrogen-bond acceptors (Lipinski definition) is 6. The molecule has 0 spiro atoms. The molecule has 6 nitrogen and oxygen atoms in total. The topological polar surface area (TPSA) is 57.7 Å². The molecule has 0 saturated carbocycles. The third-order valence-corrected chi connectivity index (χ3v) is 4.60. The molecule has 0 aliphatic carbocycles. The molecule has 2 aliphatic rings. The minimum absolute atomic E-state index is 0.122. The number of morpholine rings is 1. The molecular formula is C13H20N4O2S. The zero-order valence-corrected chi connectivity index (χ0v) is 12.3. The van der Waals surface area contributed by atoms with Gasteiger partial charge < -0.3 is 15.0 Å². The summed E-state index contributed by atoms with van der Waals surface area (Å²) in [6, 6.07) is 0. The van der Waals surface area contributed by atoms with Gasteiger partial charge in [0.15, 0.2) is 0 Å². The zero-order valence-electron chi connectivity index (χ0n) is 11.5. The molecule has 3 heterocycles. The first-order chi connectivity index (χ1) is 9.83. The Balaban J connectivity index is 1.59. The summed E-state index contributed by atoms with van der Waals surface area (Å²) in [4.78, 5) is 21.7. The van der Waals surface area contributed by atoms with E-state index in [0.29, 0.717) is 0 Å². The summed E-state index contributed by atoms with van der Waals surface area (Å²) < 4.78 is 5.33. The summed E-state index contributed by atoms with van der Waals surface area (Å²) in [7, 11) is 0. The van der Waals surface area contributed by atoms with Gasteiger partial charge in [-0.2, -0.15) is 0 Å². The number of ether oxygens (including phenoxy) is 1. The molecule has 1 amide bonds. The lowest BCUT2D eigenvalue weighted by atomic mass is 10.3. The quantitative estimate of drug-likeness (QED) is 0.852. The third-order valence-electron chi connectivity index (χ3n) is 3.63. The van der Waals surface area contributed by atoms with Gasteiger partial charge in [0.2, 0.25) is 0 Å². The van der Waals surface area contributed by atoms with E-state index in [2.05, 4.69) is 15.2 Å². The predicted molar refractivity (Wildman–Crippen MR) is 77.0 cm³/mol. The summed E-state index contributed by atoms with van der Waals surface area (Å²) in [5, 5.41) is 4.27. The van der Waals surface area contributed by atoms with E-state index < -0.39 is 0 Å². The van der Waals surface area contributed by atoms with Crippen LogP contribution in [0.15, 0.2) is 6.20 Å². The molecule has 110 valence electrons. The van der Waals surface area contributed by atoms with Crippen molar-refractivity contribution >= 4 is 17.2 Å². The average Bonchev–Trinajstić information content (AvgIpc) is 2.97. The normalized spacial score (nSPS) is 21.1. The van der Waals surface area contributed by atoms with E-state index in [1.165, 1.54) is 11.3 Å². The largest absolute Gasteiger partial charge is 0.379 e. The number of nitrogens with one attached hydrogen (secondary N) is 1. The molecule has 0 bridgehead atoms. The number of hydrogen-bond donors (Lipinski definition) is 1. The highest BCUT2D eigenvalue weighted by molar-refractivity contribution is 7.13. The number of carbonyl (C=O) groups excluding carboxylic acids is 1. The van der Waals surface area contributed by atoms with Gasteiger partial charge >= 0.3 is 0 Å². The van der Waals surface area contributed by atoms with Crippen LogP contribution in [0.2, 0.25) is 0 Å². The number of nitrogens with zero attached hydrogens (tertiary/aromatic N) is 3. The van der Waals surface area contributed by atoms with E-state index in [1.54, 1.807) is 6.20 Å². The lowest BCUT2D eigenvalue weighted by molar-refractivity contribution is 0.0341. The fraction of sp³-hybridized carbons (Fsp3) is 0.692. The first kappa shape index (κ1) is 13.9. The molecule has 2 saturated heterocycles. The van der Waals surface area contributed by atoms with Crippen molar-refractivity contribution in [2.45, 2.75) is 6.54 Å². The van der Waals surface area contributed by atoms with E-state index in [4.69, 9.17) is 4.74 Å². The van der Waals surface area contributed by atoms with Gasteiger partial charge in [-0.25, -0.2) is 4.98 Å². The minimum atomic E-state index is 0.122. The molecule has 7 heteroatoms. The highest BCUT2D eigenvalue weighted by atomic mass is 32.1. The van der Waals surface area contributed by atoms with Crippen LogP contribution in [0.25, 0.3) is 0 Å². The van der Waals surface area contributed by atoms with Crippen molar-refractivity contribution in [3.05, 3.63) is 16.1 Å². The first-order valence-corrected chi connectivity index (χ1v) is 7.89. The maximum atomic E-state index is 12.3. The summed E-state index contributed by atoms with van der Waals surface area (Å²) in [6.07, 6.45) is 1.73. The van der Waals surface area contributed by atoms with E-state index in [1.807, 2.05) is 4.90 Å². The molecule has 1 N–H and O–H groups in total. The van der Waals surface area contributed by atoms with Crippen LogP contribution in [-0.2, 0) is 11.3 Å². The second-order valence-electron chi connectivity index (χ2n) is 5.05. The van der Waals surface area contributed by atoms with Crippen LogP contribution in [0.1, 0.15) is 14.7 Å². The van der Waals surface area contributed by atoms with Crippen molar-refractivity contribution in [2.24, 2.45) is 0 Å². The molecule has 2 aliphatic heterocycles. The Morgan fingerprint density at radius 3 is 2.80 bits per heavy atom. The highest BCUT2D eigenvalue weighted by Gasteiger charge is 2.21. The van der Waals surface area contributed by atoms with Crippen LogP contribution in [0.3, 0.4) is 0 Å². The Hall–Kier alpha value is -1.02. The van der Waals surface area contributed by atoms with Gasteiger partial charge in [0.05, 0.1) is 26.0 Å². The molecular weight excluding hydrogens is 276 g/mol. The second kappa shape index (κ2) is 6.62. The van der Waals surface area contributed by atoms with Gasteiger partial charge in [-0.15, -0.1) is 11.3 Å². The zero-order chi connectivity index (χ0) is 13.8. The maximum Gasteiger partial charge on any atom is 0.265 e. The lowest BCUT2D eigenvalue weighted by Crippen LogP contribution is -2.46. The van der Waals surface area contributed by atoms with Crippen molar-refractivity contribution < 1.29 is 9.53 Å². The standard InChI is InChI=1S/C13H20N4O2S/c18-13(17-3-1-14-2-4-17)11-9-15-12(20-11)10-16-5-7-19-8-6-16/h9,14H,1-8,10H2. The van der Waals surface area contributed by atoms with Crippen molar-refractivity contribution in [3.8, 4) is 0 Å². The van der Waals surface area contributed by atoms with Crippen molar-refractivity contribution in [1.29, 1.82) is 0 Å². The van der Waals surface area contributed by atoms with Crippen LogP contribution in [0.5, 0.6) is 0 Å². The van der Waals surface area contributed by atoms with Crippen molar-refractivity contribution in [2.75, 3.05) is 52.5 Å². The van der Waals surface area contributed by atoms with Crippen LogP contribution in [0.4, 0.5) is 0 Å². The number of piperazine rings is 1. The van der Waals surface area contributed by atoms with Crippen molar-refractivity contribution in [3.63, 3.8) is 0 Å². The summed E-state index contributed by atoms with van der Waals surface area (Å²) in [6.45, 7) is 7.63. The molecule has 0 radical (unpaired) electrons. The van der Waals surface area contributed by atoms with Crippen LogP contribution < -0.4 is 5.32 Å². The van der Waals surface area contributed by atoms with Gasteiger partial charge in [-0.05, 0) is 0 Å². The molecule has 0 aromatic carbocycles. The number of carbonyl (C=O) groups is 1. The monoisotopic (exact) mass is 296 g/mol. The third kappa shape index (κ3) is 3.35. The summed E-state index contributed by atoms with van der Waals surface area (Å²) >= 11 is 1.52. The molecule has 20 heavy (non-hydrogen) atoms. The number of thiazole rings is 1. The molecule has 1 aromatic heterocycles. The average molecular weight is 296 g/mol. The Morgan fingerprint density at radius 2 is 2.05 bits per heavy atom. The Kier molecular flexibility index (Phi) is 4.62. The molecule has 1 aromatic rings. The van der Waals surface area contributed by atoms with Gasteiger partial charge in [0, 0.05) is 39.3 Å². The van der Waals surface area contributed by atoms with Crippen molar-refractivity contribution in [1.82, 2.24) is 20.1 Å². The van der Waals surface area contributed by atoms with E-state index in [0.717, 1.165) is 68.9 Å². The molecule has 2 fully saturated rings. The van der Waals surface area contributed by atoms with Gasteiger partial charge in [0.25, 0.3) is 5.91 Å². The second-order valence-corrected chi connectivity index (χ2v) is 6.16. The van der Waals surface area contributed by atoms with E-state index in [9.17, 15) is 4.79 Å². The van der Waals surface area contributed by atoms with Gasteiger partial charge in [-0.3, -0.25) is 9.69 Å². The molecule has 0 unspecified atom stereocenters. The first-order valence-electron chi connectivity index (χ1n) is 7.08. The van der Waals surface area contributed by atoms with E-state index >= 15 is 0 Å². The number of aromatic nitrogens is 1. The summed E-state index contributed by atoms with van der Waals surface area (Å²) in [5.41, 5.74) is 0. The highest BCUT2D eigenvalue weighted by Crippen LogP contribution is 2.17. The number of rotatable bonds is 3. The van der Waals surface area contributed by atoms with Crippen LogP contribution >= 0.6 is 11.3 Å². The summed E-state index contributed by atoms with van der Waals surface area (Å²) in [5.74, 6) is 0.122. The predicted octanol–water partition coefficient (Wildman–Crippen LogP) is 0.0207. The fourth-order valence-electron chi connectivity index (χ4n) is 2.46. The SMILES string of the molecule is O=C(c1cnc(CN2CCOCC2)s1)N1CCNCC1. The van der Waals surface area contributed by atoms with Crippen LogP contribution in [0, 0.1) is 0 Å². The lowest BCUT2D eigenvalue weighted by Gasteiger charge is -2.26. The fourth-order valence-corrected chi connectivity index (χ4v) is 3.38. The Morgan fingerprint density at radius 1 is 1.30 bits per heavy atom. The van der Waals surface area contributed by atoms with Gasteiger partial charge in [-0.1, -0.05) is 0 Å². The maximum absolute atomic E-state index is 12.3. The Labute approximate surface area is 122 Å². The smallest absolute Gasteiger partial charge is 0.265 e. The minimum Gasteiger partial charge on any atom is -0.379 e. The van der Waals surface area contributed by atoms with Gasteiger partial charge in [0.1, 0.15) is 9.88 Å².